The fourth-order valence-corrected chi connectivity index (χ4v) is 2.87. The van der Waals surface area contributed by atoms with E-state index in [9.17, 15) is 14.4 Å². The highest BCUT2D eigenvalue weighted by Crippen LogP contribution is 2.32. The molecule has 2 amide bonds. The second kappa shape index (κ2) is 8.65. The van der Waals surface area contributed by atoms with Crippen LogP contribution in [-0.4, -0.2) is 49.2 Å². The van der Waals surface area contributed by atoms with Crippen molar-refractivity contribution in [1.82, 2.24) is 4.90 Å². The molecule has 0 fully saturated rings. The number of amides is 2. The molecule has 0 spiro atoms. The van der Waals surface area contributed by atoms with Crippen LogP contribution in [0.2, 0.25) is 0 Å². The minimum Gasteiger partial charge on any atom is -0.482 e. The van der Waals surface area contributed by atoms with Gasteiger partial charge in [0, 0.05) is 38.5 Å². The molecule has 1 aromatic rings. The average molecular weight is 346 g/mol. The van der Waals surface area contributed by atoms with Crippen LogP contribution in [0.15, 0.2) is 18.2 Å². The largest absolute Gasteiger partial charge is 0.482 e. The van der Waals surface area contributed by atoms with Crippen LogP contribution in [0.25, 0.3) is 0 Å². The van der Waals surface area contributed by atoms with Gasteiger partial charge in [0.1, 0.15) is 5.75 Å². The Morgan fingerprint density at radius 1 is 1.16 bits per heavy atom. The van der Waals surface area contributed by atoms with Gasteiger partial charge in [-0.2, -0.15) is 0 Å². The van der Waals surface area contributed by atoms with Crippen LogP contribution in [0.5, 0.6) is 5.75 Å². The van der Waals surface area contributed by atoms with Crippen LogP contribution in [0.4, 0.5) is 5.69 Å². The summed E-state index contributed by atoms with van der Waals surface area (Å²) in [5, 5.41) is 0. The van der Waals surface area contributed by atoms with E-state index in [1.165, 1.54) is 4.90 Å². The zero-order valence-corrected chi connectivity index (χ0v) is 15.2. The topological polar surface area (TPSA) is 66.9 Å². The summed E-state index contributed by atoms with van der Waals surface area (Å²) in [5.41, 5.74) is 1.08. The lowest BCUT2D eigenvalue weighted by molar-refractivity contribution is -0.131. The van der Waals surface area contributed by atoms with Gasteiger partial charge in [0.05, 0.1) is 5.69 Å². The first-order chi connectivity index (χ1) is 12.0. The highest BCUT2D eigenvalue weighted by Gasteiger charge is 2.23. The van der Waals surface area contributed by atoms with E-state index >= 15 is 0 Å². The predicted molar refractivity (Wildman–Crippen MR) is 96.1 cm³/mol. The Morgan fingerprint density at radius 3 is 2.48 bits per heavy atom. The Bertz CT molecular complexity index is 651. The first-order valence-electron chi connectivity index (χ1n) is 8.82. The molecule has 0 atom stereocenters. The molecule has 0 N–H and O–H groups in total. The van der Waals surface area contributed by atoms with Crippen molar-refractivity contribution in [3.63, 3.8) is 0 Å². The Morgan fingerprint density at radius 2 is 1.84 bits per heavy atom. The van der Waals surface area contributed by atoms with Crippen LogP contribution in [-0.2, 0) is 9.59 Å². The standard InChI is InChI=1S/C19H26N2O4/c1-4-10-21(11-5-2)18(23)9-7-16(22)14-6-8-17-15(12-14)20(3)19(24)13-25-17/h6,8,12H,4-5,7,9-11,13H2,1-3H3. The average Bonchev–Trinajstić information content (AvgIpc) is 2.62. The molecular formula is C19H26N2O4. The molecule has 0 saturated carbocycles. The van der Waals surface area contributed by atoms with Gasteiger partial charge in [0.2, 0.25) is 5.91 Å². The number of anilines is 1. The maximum absolute atomic E-state index is 12.4. The maximum Gasteiger partial charge on any atom is 0.264 e. The molecule has 1 aliphatic heterocycles. The molecule has 0 saturated heterocycles. The summed E-state index contributed by atoms with van der Waals surface area (Å²) in [4.78, 5) is 39.8. The van der Waals surface area contributed by atoms with Gasteiger partial charge in [-0.05, 0) is 31.0 Å². The quantitative estimate of drug-likeness (QED) is 0.679. The molecule has 0 unspecified atom stereocenters. The maximum atomic E-state index is 12.4. The van der Waals surface area contributed by atoms with E-state index in [1.54, 1.807) is 25.2 Å². The first-order valence-corrected chi connectivity index (χ1v) is 8.82. The van der Waals surface area contributed by atoms with Crippen LogP contribution in [0.1, 0.15) is 49.9 Å². The minimum absolute atomic E-state index is 0.00991. The van der Waals surface area contributed by atoms with E-state index in [1.807, 2.05) is 18.7 Å². The summed E-state index contributed by atoms with van der Waals surface area (Å²) in [6.45, 7) is 5.53. The lowest BCUT2D eigenvalue weighted by atomic mass is 10.0. The van der Waals surface area contributed by atoms with Crippen molar-refractivity contribution < 1.29 is 19.1 Å². The van der Waals surface area contributed by atoms with Crippen molar-refractivity contribution in [1.29, 1.82) is 0 Å². The lowest BCUT2D eigenvalue weighted by Gasteiger charge is -2.26. The number of hydrogen-bond donors (Lipinski definition) is 0. The molecule has 6 nitrogen and oxygen atoms in total. The minimum atomic E-state index is -0.151. The van der Waals surface area contributed by atoms with Crippen molar-refractivity contribution >= 4 is 23.3 Å². The number of rotatable bonds is 8. The van der Waals surface area contributed by atoms with Gasteiger partial charge in [0.25, 0.3) is 5.91 Å². The van der Waals surface area contributed by atoms with Crippen LogP contribution >= 0.6 is 0 Å². The van der Waals surface area contributed by atoms with Crippen LogP contribution in [0, 0.1) is 0 Å². The molecule has 0 bridgehead atoms. The number of fused-ring (bicyclic) bond motifs is 1. The van der Waals surface area contributed by atoms with E-state index < -0.39 is 0 Å². The number of hydrogen-bond acceptors (Lipinski definition) is 4. The van der Waals surface area contributed by atoms with Gasteiger partial charge in [-0.25, -0.2) is 0 Å². The van der Waals surface area contributed by atoms with Gasteiger partial charge in [-0.3, -0.25) is 14.4 Å². The highest BCUT2D eigenvalue weighted by atomic mass is 16.5. The third-order valence-electron chi connectivity index (χ3n) is 4.27. The second-order valence-corrected chi connectivity index (χ2v) is 6.23. The van der Waals surface area contributed by atoms with Crippen molar-refractivity contribution in [3.8, 4) is 5.75 Å². The van der Waals surface area contributed by atoms with E-state index in [4.69, 9.17) is 4.74 Å². The SMILES string of the molecule is CCCN(CCC)C(=O)CCC(=O)c1ccc2c(c1)N(C)C(=O)CO2. The summed E-state index contributed by atoms with van der Waals surface area (Å²) in [6, 6.07) is 5.05. The smallest absolute Gasteiger partial charge is 0.264 e. The van der Waals surface area contributed by atoms with Gasteiger partial charge >= 0.3 is 0 Å². The number of Topliss-reactive ketones (excluding diaryl/α,β-unsaturated/α-hetero) is 1. The van der Waals surface area contributed by atoms with E-state index in [2.05, 4.69) is 0 Å². The first kappa shape index (κ1) is 19.0. The summed E-state index contributed by atoms with van der Waals surface area (Å²) in [5.74, 6) is 0.356. The fraction of sp³-hybridized carbons (Fsp3) is 0.526. The molecule has 0 radical (unpaired) electrons. The van der Waals surface area contributed by atoms with Crippen molar-refractivity contribution in [2.75, 3.05) is 31.6 Å². The Labute approximate surface area is 148 Å². The Hall–Kier alpha value is -2.37. The second-order valence-electron chi connectivity index (χ2n) is 6.23. The summed E-state index contributed by atoms with van der Waals surface area (Å²) in [7, 11) is 1.66. The molecule has 0 aromatic heterocycles. The zero-order valence-electron chi connectivity index (χ0n) is 15.2. The van der Waals surface area contributed by atoms with Crippen molar-refractivity contribution in [3.05, 3.63) is 23.8 Å². The molecule has 136 valence electrons. The summed E-state index contributed by atoms with van der Waals surface area (Å²) in [6.07, 6.45) is 2.19. The lowest BCUT2D eigenvalue weighted by Crippen LogP contribution is -2.35. The number of carbonyl (C=O) groups is 3. The molecule has 2 rings (SSSR count). The zero-order chi connectivity index (χ0) is 18.4. The number of ketones is 1. The van der Waals surface area contributed by atoms with E-state index in [0.717, 1.165) is 25.9 Å². The third kappa shape index (κ3) is 4.59. The molecule has 1 aliphatic rings. The monoisotopic (exact) mass is 346 g/mol. The summed E-state index contributed by atoms with van der Waals surface area (Å²) >= 11 is 0. The number of ether oxygens (including phenoxy) is 1. The molecular weight excluding hydrogens is 320 g/mol. The number of carbonyl (C=O) groups excluding carboxylic acids is 3. The van der Waals surface area contributed by atoms with Crippen molar-refractivity contribution in [2.45, 2.75) is 39.5 Å². The number of nitrogens with zero attached hydrogens (tertiary/aromatic N) is 2. The molecule has 25 heavy (non-hydrogen) atoms. The van der Waals surface area contributed by atoms with Crippen molar-refractivity contribution in [2.24, 2.45) is 0 Å². The van der Waals surface area contributed by atoms with Gasteiger partial charge in [-0.1, -0.05) is 13.8 Å². The number of benzene rings is 1. The molecule has 1 aromatic carbocycles. The molecule has 1 heterocycles. The highest BCUT2D eigenvalue weighted by molar-refractivity contribution is 6.02. The van der Waals surface area contributed by atoms with Gasteiger partial charge in [0.15, 0.2) is 12.4 Å². The van der Waals surface area contributed by atoms with Crippen LogP contribution in [0.3, 0.4) is 0 Å². The summed E-state index contributed by atoms with van der Waals surface area (Å²) < 4.78 is 5.36. The molecule has 0 aliphatic carbocycles. The third-order valence-corrected chi connectivity index (χ3v) is 4.27. The number of likely N-dealkylation sites (N-methyl/N-ethyl adjacent to an activating group) is 1. The molecule has 6 heteroatoms. The van der Waals surface area contributed by atoms with E-state index in [-0.39, 0.29) is 37.0 Å². The van der Waals surface area contributed by atoms with Crippen LogP contribution < -0.4 is 9.64 Å². The fourth-order valence-electron chi connectivity index (χ4n) is 2.87. The van der Waals surface area contributed by atoms with E-state index in [0.29, 0.717) is 17.0 Å². The van der Waals surface area contributed by atoms with Gasteiger partial charge < -0.3 is 14.5 Å². The normalized spacial score (nSPS) is 13.2. The van der Waals surface area contributed by atoms with Gasteiger partial charge in [-0.15, -0.1) is 0 Å². The Balaban J connectivity index is 2.01. The predicted octanol–water partition coefficient (Wildman–Crippen LogP) is 2.65. The Kier molecular flexibility index (Phi) is 6.56.